The Morgan fingerprint density at radius 2 is 1.58 bits per heavy atom. The molecule has 0 amide bonds. The highest BCUT2D eigenvalue weighted by Crippen LogP contribution is 2.41. The van der Waals surface area contributed by atoms with Crippen LogP contribution in [0.5, 0.6) is 11.5 Å². The summed E-state index contributed by atoms with van der Waals surface area (Å²) in [5.41, 5.74) is 6.54. The summed E-state index contributed by atoms with van der Waals surface area (Å²) in [6.45, 7) is 0. The van der Waals surface area contributed by atoms with Crippen molar-refractivity contribution < 1.29 is 35.8 Å². The second-order valence-electron chi connectivity index (χ2n) is 8.36. The summed E-state index contributed by atoms with van der Waals surface area (Å²) in [7, 11) is 2.63. The standard InChI is InChI=1S/C28H19F5N2O3/c1-36-24-13-20(29)19(17-7-8-21(34)26(37-2)25(17)30)12-18(24)14-4-3-5-15(10-14)27-35-22-11-16(28(31,32)33)6-9-23(22)38-27/h3-13H,34H2,1-2H3. The van der Waals surface area contributed by atoms with E-state index >= 15 is 8.78 Å². The number of halogens is 5. The smallest absolute Gasteiger partial charge is 0.416 e. The van der Waals surface area contributed by atoms with E-state index in [9.17, 15) is 13.2 Å². The van der Waals surface area contributed by atoms with Gasteiger partial charge in [-0.15, -0.1) is 0 Å². The van der Waals surface area contributed by atoms with Gasteiger partial charge in [-0.3, -0.25) is 0 Å². The first-order valence-corrected chi connectivity index (χ1v) is 11.2. The van der Waals surface area contributed by atoms with Crippen molar-refractivity contribution in [3.05, 3.63) is 83.9 Å². The molecule has 5 nitrogen and oxygen atoms in total. The first-order chi connectivity index (χ1) is 18.1. The molecule has 10 heteroatoms. The first-order valence-electron chi connectivity index (χ1n) is 11.2. The number of fused-ring (bicyclic) bond motifs is 1. The first kappa shape index (κ1) is 25.1. The number of nitrogens with two attached hydrogens (primary N) is 1. The molecule has 0 aliphatic heterocycles. The van der Waals surface area contributed by atoms with Crippen molar-refractivity contribution in [1.29, 1.82) is 0 Å². The molecule has 0 fully saturated rings. The zero-order valence-corrected chi connectivity index (χ0v) is 20.0. The lowest BCUT2D eigenvalue weighted by Crippen LogP contribution is -2.03. The Kier molecular flexibility index (Phi) is 6.18. The lowest BCUT2D eigenvalue weighted by Gasteiger charge is -2.15. The number of alkyl halides is 3. The maximum Gasteiger partial charge on any atom is 0.416 e. The van der Waals surface area contributed by atoms with Gasteiger partial charge in [0.25, 0.3) is 0 Å². The van der Waals surface area contributed by atoms with Crippen LogP contribution in [0.25, 0.3) is 44.8 Å². The Morgan fingerprint density at radius 1 is 0.816 bits per heavy atom. The van der Waals surface area contributed by atoms with Crippen LogP contribution in [0.3, 0.4) is 0 Å². The molecule has 2 N–H and O–H groups in total. The highest BCUT2D eigenvalue weighted by molar-refractivity contribution is 5.83. The fraction of sp³-hybridized carbons (Fsp3) is 0.107. The average Bonchev–Trinajstić information content (AvgIpc) is 3.32. The van der Waals surface area contributed by atoms with E-state index in [4.69, 9.17) is 19.6 Å². The maximum absolute atomic E-state index is 15.1. The van der Waals surface area contributed by atoms with Crippen molar-refractivity contribution in [2.24, 2.45) is 0 Å². The molecule has 0 aliphatic rings. The van der Waals surface area contributed by atoms with Gasteiger partial charge in [-0.1, -0.05) is 12.1 Å². The predicted molar refractivity (Wildman–Crippen MR) is 133 cm³/mol. The summed E-state index contributed by atoms with van der Waals surface area (Å²) >= 11 is 0. The molecule has 5 rings (SSSR count). The summed E-state index contributed by atoms with van der Waals surface area (Å²) in [6.07, 6.45) is -4.52. The van der Waals surface area contributed by atoms with E-state index in [1.165, 1.54) is 38.5 Å². The molecule has 0 saturated carbocycles. The Bertz CT molecular complexity index is 1680. The van der Waals surface area contributed by atoms with Crippen molar-refractivity contribution in [3.8, 4) is 45.2 Å². The fourth-order valence-corrected chi connectivity index (χ4v) is 4.19. The molecule has 0 radical (unpaired) electrons. The lowest BCUT2D eigenvalue weighted by molar-refractivity contribution is -0.137. The highest BCUT2D eigenvalue weighted by Gasteiger charge is 2.31. The zero-order chi connectivity index (χ0) is 27.2. The normalized spacial score (nSPS) is 11.7. The predicted octanol–water partition coefficient (Wildman–Crippen LogP) is 7.73. The fourth-order valence-electron chi connectivity index (χ4n) is 4.19. The molecule has 0 bridgehead atoms. The van der Waals surface area contributed by atoms with Crippen LogP contribution in [0.1, 0.15) is 5.56 Å². The maximum atomic E-state index is 15.1. The number of oxazole rings is 1. The number of hydrogen-bond acceptors (Lipinski definition) is 5. The van der Waals surface area contributed by atoms with Gasteiger partial charge in [0.1, 0.15) is 17.1 Å². The van der Waals surface area contributed by atoms with Crippen molar-refractivity contribution in [2.75, 3.05) is 20.0 Å². The second kappa shape index (κ2) is 9.37. The van der Waals surface area contributed by atoms with Crippen LogP contribution in [0.2, 0.25) is 0 Å². The monoisotopic (exact) mass is 526 g/mol. The van der Waals surface area contributed by atoms with Gasteiger partial charge < -0.3 is 19.6 Å². The minimum absolute atomic E-state index is 0.0506. The van der Waals surface area contributed by atoms with Gasteiger partial charge >= 0.3 is 6.18 Å². The van der Waals surface area contributed by atoms with Gasteiger partial charge in [-0.05, 0) is 54.1 Å². The van der Waals surface area contributed by atoms with E-state index in [0.29, 0.717) is 16.7 Å². The Balaban J connectivity index is 1.62. The van der Waals surface area contributed by atoms with Crippen LogP contribution >= 0.6 is 0 Å². The van der Waals surface area contributed by atoms with E-state index < -0.39 is 23.4 Å². The number of aromatic nitrogens is 1. The van der Waals surface area contributed by atoms with Crippen molar-refractivity contribution in [3.63, 3.8) is 0 Å². The van der Waals surface area contributed by atoms with Crippen molar-refractivity contribution in [1.82, 2.24) is 4.98 Å². The SMILES string of the molecule is COc1cc(F)c(-c2ccc(N)c(OC)c2F)cc1-c1cccc(-c2nc3cc(C(F)(F)F)ccc3o2)c1. The number of methoxy groups -OCH3 is 2. The molecular weight excluding hydrogens is 507 g/mol. The summed E-state index contributed by atoms with van der Waals surface area (Å²) in [4.78, 5) is 4.22. The van der Waals surface area contributed by atoms with E-state index in [1.54, 1.807) is 24.3 Å². The number of benzene rings is 4. The highest BCUT2D eigenvalue weighted by atomic mass is 19.4. The second-order valence-corrected chi connectivity index (χ2v) is 8.36. The van der Waals surface area contributed by atoms with Gasteiger partial charge in [-0.25, -0.2) is 13.8 Å². The number of nitrogens with zero attached hydrogens (tertiary/aromatic N) is 1. The van der Waals surface area contributed by atoms with E-state index in [-0.39, 0.29) is 45.3 Å². The van der Waals surface area contributed by atoms with Crippen molar-refractivity contribution in [2.45, 2.75) is 6.18 Å². The van der Waals surface area contributed by atoms with Gasteiger partial charge in [0.2, 0.25) is 5.89 Å². The third-order valence-electron chi connectivity index (χ3n) is 6.05. The van der Waals surface area contributed by atoms with Gasteiger partial charge in [0.05, 0.1) is 25.5 Å². The van der Waals surface area contributed by atoms with Crippen LogP contribution in [-0.4, -0.2) is 19.2 Å². The molecule has 194 valence electrons. The molecule has 1 aromatic heterocycles. The van der Waals surface area contributed by atoms with Crippen LogP contribution in [0.4, 0.5) is 27.6 Å². The minimum Gasteiger partial charge on any atom is -0.496 e. The third kappa shape index (κ3) is 4.38. The van der Waals surface area contributed by atoms with E-state index in [2.05, 4.69) is 4.98 Å². The number of anilines is 1. The van der Waals surface area contributed by atoms with Crippen LogP contribution in [0.15, 0.2) is 71.1 Å². The van der Waals surface area contributed by atoms with Crippen LogP contribution in [0, 0.1) is 11.6 Å². The zero-order valence-electron chi connectivity index (χ0n) is 20.0. The molecular formula is C28H19F5N2O3. The number of nitrogen functional groups attached to an aromatic ring is 1. The Hall–Kier alpha value is -4.60. The summed E-state index contributed by atoms with van der Waals surface area (Å²) in [5, 5.41) is 0. The van der Waals surface area contributed by atoms with Crippen LogP contribution in [-0.2, 0) is 6.18 Å². The van der Waals surface area contributed by atoms with Crippen molar-refractivity contribution >= 4 is 16.8 Å². The molecule has 0 aliphatic carbocycles. The molecule has 1 heterocycles. The summed E-state index contributed by atoms with van der Waals surface area (Å²) in [5.74, 6) is -1.48. The summed E-state index contributed by atoms with van der Waals surface area (Å²) in [6, 6.07) is 15.1. The molecule has 0 spiro atoms. The topological polar surface area (TPSA) is 70.5 Å². The lowest BCUT2D eigenvalue weighted by atomic mass is 9.95. The number of ether oxygens (including phenoxy) is 2. The third-order valence-corrected chi connectivity index (χ3v) is 6.05. The average molecular weight is 526 g/mol. The Labute approximate surface area is 213 Å². The van der Waals surface area contributed by atoms with E-state index in [0.717, 1.165) is 18.2 Å². The number of hydrogen-bond donors (Lipinski definition) is 1. The quantitative estimate of drug-likeness (QED) is 0.188. The summed E-state index contributed by atoms with van der Waals surface area (Å²) < 4.78 is 85.6. The van der Waals surface area contributed by atoms with Gasteiger partial charge in [-0.2, -0.15) is 13.2 Å². The molecule has 38 heavy (non-hydrogen) atoms. The van der Waals surface area contributed by atoms with Gasteiger partial charge in [0.15, 0.2) is 17.1 Å². The molecule has 0 unspecified atom stereocenters. The molecule has 5 aromatic rings. The van der Waals surface area contributed by atoms with Gasteiger partial charge in [0, 0.05) is 28.3 Å². The molecule has 0 atom stereocenters. The molecule has 4 aromatic carbocycles. The number of rotatable bonds is 5. The minimum atomic E-state index is -4.52. The Morgan fingerprint density at radius 3 is 2.29 bits per heavy atom. The molecule has 0 saturated heterocycles. The van der Waals surface area contributed by atoms with Crippen LogP contribution < -0.4 is 15.2 Å². The van der Waals surface area contributed by atoms with E-state index in [1.807, 2.05) is 0 Å². The largest absolute Gasteiger partial charge is 0.496 e.